The Bertz CT molecular complexity index is 787. The van der Waals surface area contributed by atoms with Crippen molar-refractivity contribution in [3.8, 4) is 6.07 Å². The number of benzene rings is 1. The summed E-state index contributed by atoms with van der Waals surface area (Å²) in [7, 11) is 3.74. The van der Waals surface area contributed by atoms with E-state index in [9.17, 15) is 4.39 Å². The molecule has 0 spiro atoms. The molecule has 0 aliphatic carbocycles. The zero-order chi connectivity index (χ0) is 19.0. The molecule has 25 heavy (non-hydrogen) atoms. The van der Waals surface area contributed by atoms with Crippen LogP contribution in [0.3, 0.4) is 0 Å². The summed E-state index contributed by atoms with van der Waals surface area (Å²) in [5.41, 5.74) is 4.27. The van der Waals surface area contributed by atoms with E-state index in [2.05, 4.69) is 19.2 Å². The molecule has 1 aromatic carbocycles. The maximum absolute atomic E-state index is 14.1. The summed E-state index contributed by atoms with van der Waals surface area (Å²) in [4.78, 5) is 1.86. The standard InChI is InChI=1S/C22H25FN2/c1-7-10-18(15-24)12-9-11-16(3)17(4)20-13-19(8-2)21(23)14-22(20)25(5)6/h7,9-14H,3-4,8H2,1-2,5-6H3/b10-7-,11-9+,18-12+. The van der Waals surface area contributed by atoms with Gasteiger partial charge in [-0.15, -0.1) is 0 Å². The first kappa shape index (κ1) is 20.2. The first-order chi connectivity index (χ1) is 11.8. The normalized spacial score (nSPS) is 11.8. The molecule has 0 unspecified atom stereocenters. The number of hydrogen-bond acceptors (Lipinski definition) is 2. The lowest BCUT2D eigenvalue weighted by atomic mass is 9.95. The molecule has 1 aromatic rings. The Morgan fingerprint density at radius 2 is 1.96 bits per heavy atom. The molecule has 0 fully saturated rings. The predicted octanol–water partition coefficient (Wildman–Crippen LogP) is 5.61. The first-order valence-electron chi connectivity index (χ1n) is 8.15. The molecule has 130 valence electrons. The predicted molar refractivity (Wildman–Crippen MR) is 106 cm³/mol. The minimum absolute atomic E-state index is 0.211. The molecule has 0 aromatic heterocycles. The van der Waals surface area contributed by atoms with E-state index in [0.717, 1.165) is 16.8 Å². The number of nitrogens with zero attached hydrogens (tertiary/aromatic N) is 2. The molecule has 0 bridgehead atoms. The Hall–Kier alpha value is -2.86. The minimum atomic E-state index is -0.211. The average molecular weight is 336 g/mol. The van der Waals surface area contributed by atoms with Gasteiger partial charge in [0, 0.05) is 25.3 Å². The fraction of sp³-hybridized carbons (Fsp3) is 0.227. The van der Waals surface area contributed by atoms with Crippen LogP contribution in [0.4, 0.5) is 10.1 Å². The van der Waals surface area contributed by atoms with E-state index in [1.165, 1.54) is 6.07 Å². The van der Waals surface area contributed by atoms with Crippen LogP contribution in [0, 0.1) is 17.1 Å². The van der Waals surface area contributed by atoms with Crippen molar-refractivity contribution in [3.63, 3.8) is 0 Å². The van der Waals surface area contributed by atoms with Gasteiger partial charge < -0.3 is 4.90 Å². The monoisotopic (exact) mass is 336 g/mol. The van der Waals surface area contributed by atoms with Crippen LogP contribution in [0.2, 0.25) is 0 Å². The third-order valence-corrected chi connectivity index (χ3v) is 3.79. The topological polar surface area (TPSA) is 27.0 Å². The molecule has 0 radical (unpaired) electrons. The fourth-order valence-electron chi connectivity index (χ4n) is 2.34. The van der Waals surface area contributed by atoms with E-state index in [1.54, 1.807) is 24.3 Å². The maximum Gasteiger partial charge on any atom is 0.128 e. The summed E-state index contributed by atoms with van der Waals surface area (Å²) >= 11 is 0. The van der Waals surface area contributed by atoms with E-state index in [4.69, 9.17) is 5.26 Å². The van der Waals surface area contributed by atoms with Crippen molar-refractivity contribution in [2.75, 3.05) is 19.0 Å². The number of allylic oxidation sites excluding steroid dienone is 8. The Balaban J connectivity index is 3.18. The summed E-state index contributed by atoms with van der Waals surface area (Å²) in [5, 5.41) is 9.01. The van der Waals surface area contributed by atoms with Crippen molar-refractivity contribution in [1.29, 1.82) is 5.26 Å². The van der Waals surface area contributed by atoms with Gasteiger partial charge in [-0.25, -0.2) is 4.39 Å². The number of halogens is 1. The van der Waals surface area contributed by atoms with E-state index < -0.39 is 0 Å². The van der Waals surface area contributed by atoms with Gasteiger partial charge in [-0.1, -0.05) is 38.3 Å². The van der Waals surface area contributed by atoms with Crippen LogP contribution in [0.5, 0.6) is 0 Å². The largest absolute Gasteiger partial charge is 0.377 e. The van der Waals surface area contributed by atoms with Crippen molar-refractivity contribution in [2.45, 2.75) is 20.3 Å². The van der Waals surface area contributed by atoms with Crippen molar-refractivity contribution in [3.05, 3.63) is 83.8 Å². The van der Waals surface area contributed by atoms with E-state index >= 15 is 0 Å². The second-order valence-corrected chi connectivity index (χ2v) is 5.81. The van der Waals surface area contributed by atoms with Crippen molar-refractivity contribution in [1.82, 2.24) is 0 Å². The first-order valence-corrected chi connectivity index (χ1v) is 8.15. The number of aryl methyl sites for hydroxylation is 1. The fourth-order valence-corrected chi connectivity index (χ4v) is 2.34. The summed E-state index contributed by atoms with van der Waals surface area (Å²) in [5.74, 6) is -0.211. The Labute approximate surface area is 150 Å². The maximum atomic E-state index is 14.1. The summed E-state index contributed by atoms with van der Waals surface area (Å²) < 4.78 is 14.1. The van der Waals surface area contributed by atoms with Gasteiger partial charge in [0.15, 0.2) is 0 Å². The number of rotatable bonds is 7. The van der Waals surface area contributed by atoms with Crippen LogP contribution in [-0.4, -0.2) is 14.1 Å². The van der Waals surface area contributed by atoms with Crippen molar-refractivity contribution < 1.29 is 4.39 Å². The Kier molecular flexibility index (Phi) is 7.62. The third-order valence-electron chi connectivity index (χ3n) is 3.79. The zero-order valence-electron chi connectivity index (χ0n) is 15.4. The van der Waals surface area contributed by atoms with Gasteiger partial charge >= 0.3 is 0 Å². The highest BCUT2D eigenvalue weighted by molar-refractivity contribution is 5.86. The highest BCUT2D eigenvalue weighted by Gasteiger charge is 2.13. The molecule has 1 rings (SSSR count). The van der Waals surface area contributed by atoms with E-state index in [1.807, 2.05) is 45.0 Å². The van der Waals surface area contributed by atoms with Crippen LogP contribution >= 0.6 is 0 Å². The lowest BCUT2D eigenvalue weighted by Gasteiger charge is -2.20. The van der Waals surface area contributed by atoms with Gasteiger partial charge in [0.2, 0.25) is 0 Å². The smallest absolute Gasteiger partial charge is 0.128 e. The highest BCUT2D eigenvalue weighted by Crippen LogP contribution is 2.32. The Morgan fingerprint density at radius 3 is 2.48 bits per heavy atom. The van der Waals surface area contributed by atoms with Crippen LogP contribution in [0.15, 0.2) is 66.8 Å². The molecule has 0 saturated carbocycles. The number of nitriles is 1. The second kappa shape index (κ2) is 9.44. The SMILES string of the molecule is C=C(/C=C/C=C(C#N)\C=C/C)C(=C)c1cc(CC)c(F)cc1N(C)C. The van der Waals surface area contributed by atoms with Gasteiger partial charge in [0.25, 0.3) is 0 Å². The van der Waals surface area contributed by atoms with Gasteiger partial charge in [0.05, 0.1) is 11.6 Å². The van der Waals surface area contributed by atoms with Gasteiger partial charge in [0.1, 0.15) is 5.82 Å². The quantitative estimate of drug-likeness (QED) is 0.478. The van der Waals surface area contributed by atoms with E-state index in [0.29, 0.717) is 23.1 Å². The summed E-state index contributed by atoms with van der Waals surface area (Å²) in [6, 6.07) is 5.48. The Morgan fingerprint density at radius 1 is 1.28 bits per heavy atom. The third kappa shape index (κ3) is 5.32. The van der Waals surface area contributed by atoms with Gasteiger partial charge in [-0.05, 0) is 54.3 Å². The molecule has 0 saturated heterocycles. The second-order valence-electron chi connectivity index (χ2n) is 5.81. The summed E-state index contributed by atoms with van der Waals surface area (Å²) in [6.07, 6.45) is 9.45. The average Bonchev–Trinajstić information content (AvgIpc) is 2.59. The molecular formula is C22H25FN2. The molecule has 0 aliphatic rings. The van der Waals surface area contributed by atoms with E-state index in [-0.39, 0.29) is 5.82 Å². The molecule has 0 aliphatic heterocycles. The molecular weight excluding hydrogens is 311 g/mol. The molecule has 0 N–H and O–H groups in total. The molecule has 0 atom stereocenters. The van der Waals surface area contributed by atoms with Gasteiger partial charge in [-0.3, -0.25) is 0 Å². The lowest BCUT2D eigenvalue weighted by molar-refractivity contribution is 0.612. The van der Waals surface area contributed by atoms with Crippen LogP contribution in [-0.2, 0) is 6.42 Å². The number of anilines is 1. The molecule has 3 heteroatoms. The van der Waals surface area contributed by atoms with Crippen LogP contribution in [0.25, 0.3) is 5.57 Å². The molecule has 0 amide bonds. The van der Waals surface area contributed by atoms with Crippen LogP contribution < -0.4 is 4.90 Å². The van der Waals surface area contributed by atoms with Gasteiger partial charge in [-0.2, -0.15) is 5.26 Å². The minimum Gasteiger partial charge on any atom is -0.377 e. The zero-order valence-corrected chi connectivity index (χ0v) is 15.4. The molecule has 0 heterocycles. The number of hydrogen-bond donors (Lipinski definition) is 0. The van der Waals surface area contributed by atoms with Crippen LogP contribution in [0.1, 0.15) is 25.0 Å². The molecule has 2 nitrogen and oxygen atoms in total. The van der Waals surface area contributed by atoms with Crippen molar-refractivity contribution >= 4 is 11.3 Å². The van der Waals surface area contributed by atoms with Crippen molar-refractivity contribution in [2.24, 2.45) is 0 Å². The summed E-state index contributed by atoms with van der Waals surface area (Å²) in [6.45, 7) is 12.0. The lowest BCUT2D eigenvalue weighted by Crippen LogP contribution is -2.12. The highest BCUT2D eigenvalue weighted by atomic mass is 19.1.